The van der Waals surface area contributed by atoms with Crippen LogP contribution in [0.3, 0.4) is 0 Å². The molecule has 3 aromatic rings. The van der Waals surface area contributed by atoms with Crippen molar-refractivity contribution < 1.29 is 9.30 Å². The van der Waals surface area contributed by atoms with Gasteiger partial charge in [0.25, 0.3) is 0 Å². The molecule has 0 amide bonds. The molecular weight excluding hydrogens is 242 g/mol. The molecule has 96 valence electrons. The van der Waals surface area contributed by atoms with Crippen molar-refractivity contribution in [2.45, 2.75) is 13.3 Å². The highest BCUT2D eigenvalue weighted by molar-refractivity contribution is 5.75. The van der Waals surface area contributed by atoms with Crippen LogP contribution in [0.1, 0.15) is 13.3 Å². The normalized spacial score (nSPS) is 10.8. The number of aromatic amines is 1. The quantitative estimate of drug-likeness (QED) is 0.717. The highest BCUT2D eigenvalue weighted by Crippen LogP contribution is 2.11. The summed E-state index contributed by atoms with van der Waals surface area (Å²) in [5, 5.41) is 0. The van der Waals surface area contributed by atoms with Crippen LogP contribution in [0.5, 0.6) is 5.75 Å². The van der Waals surface area contributed by atoms with Gasteiger partial charge in [0.15, 0.2) is 5.65 Å². The van der Waals surface area contributed by atoms with E-state index in [1.807, 2.05) is 29.1 Å². The zero-order valence-electron chi connectivity index (χ0n) is 10.6. The van der Waals surface area contributed by atoms with Crippen LogP contribution in [0.25, 0.3) is 17.0 Å². The molecule has 0 aromatic carbocycles. The molecule has 0 aliphatic heterocycles. The summed E-state index contributed by atoms with van der Waals surface area (Å²) in [6.07, 6.45) is 7.93. The van der Waals surface area contributed by atoms with Gasteiger partial charge in [-0.15, -0.1) is 0 Å². The second-order valence-electron chi connectivity index (χ2n) is 4.09. The number of imidazole rings is 1. The van der Waals surface area contributed by atoms with E-state index >= 15 is 0 Å². The maximum Gasteiger partial charge on any atom is 0.359 e. The summed E-state index contributed by atoms with van der Waals surface area (Å²) in [7, 11) is 0. The Morgan fingerprint density at radius 1 is 1.21 bits per heavy atom. The van der Waals surface area contributed by atoms with E-state index < -0.39 is 0 Å². The fourth-order valence-corrected chi connectivity index (χ4v) is 1.81. The molecule has 3 rings (SSSR count). The number of hydrogen-bond donors (Lipinski definition) is 1. The number of pyridine rings is 1. The number of rotatable bonds is 4. The van der Waals surface area contributed by atoms with Gasteiger partial charge in [0.05, 0.1) is 25.3 Å². The Balaban J connectivity index is 1.95. The molecule has 0 unspecified atom stereocenters. The van der Waals surface area contributed by atoms with Gasteiger partial charge in [0.1, 0.15) is 5.75 Å². The zero-order valence-corrected chi connectivity index (χ0v) is 10.6. The molecule has 1 N–H and O–H groups in total. The molecule has 0 aliphatic rings. The first kappa shape index (κ1) is 11.6. The molecule has 0 aliphatic carbocycles. The summed E-state index contributed by atoms with van der Waals surface area (Å²) >= 11 is 0. The Bertz CT molecular complexity index is 677. The summed E-state index contributed by atoms with van der Waals surface area (Å²) in [5.74, 6) is 1.60. The van der Waals surface area contributed by atoms with Crippen molar-refractivity contribution in [3.8, 4) is 11.6 Å². The molecule has 0 saturated carbocycles. The fraction of sp³-hybridized carbons (Fsp3) is 0.231. The van der Waals surface area contributed by atoms with Crippen molar-refractivity contribution >= 4 is 11.2 Å². The molecule has 0 saturated heterocycles. The van der Waals surface area contributed by atoms with Gasteiger partial charge in [-0.2, -0.15) is 4.98 Å². The SMILES string of the molecule is CCCOc1cc[n+](-c2ncnc3[nH]cnc23)cc1. The topological polar surface area (TPSA) is 67.6 Å². The van der Waals surface area contributed by atoms with Crippen LogP contribution in [0.4, 0.5) is 0 Å². The third kappa shape index (κ3) is 2.24. The van der Waals surface area contributed by atoms with Crippen LogP contribution >= 0.6 is 0 Å². The highest BCUT2D eigenvalue weighted by atomic mass is 16.5. The number of ether oxygens (including phenoxy) is 1. The molecular formula is C13H14N5O+. The van der Waals surface area contributed by atoms with E-state index in [1.54, 1.807) is 6.33 Å². The Labute approximate surface area is 110 Å². The van der Waals surface area contributed by atoms with Crippen molar-refractivity contribution in [1.29, 1.82) is 0 Å². The lowest BCUT2D eigenvalue weighted by atomic mass is 10.4. The van der Waals surface area contributed by atoms with Crippen molar-refractivity contribution in [3.05, 3.63) is 37.2 Å². The summed E-state index contributed by atoms with van der Waals surface area (Å²) in [4.78, 5) is 15.6. The van der Waals surface area contributed by atoms with E-state index in [4.69, 9.17) is 4.74 Å². The number of fused-ring (bicyclic) bond motifs is 1. The third-order valence-electron chi connectivity index (χ3n) is 2.71. The maximum atomic E-state index is 5.55. The van der Waals surface area contributed by atoms with Crippen LogP contribution < -0.4 is 9.30 Å². The molecule has 3 aromatic heterocycles. The average Bonchev–Trinajstić information content (AvgIpc) is 2.94. The predicted octanol–water partition coefficient (Wildman–Crippen LogP) is 1.42. The standard InChI is InChI=1S/C13H14N5O/c1-2-7-19-10-3-5-18(6-4-10)13-11-12(15-8-14-11)16-9-17-13/h3-6,8-9H,2,7H2,1H3,(H,14,15,16,17)/q+1. The second-order valence-corrected chi connectivity index (χ2v) is 4.09. The van der Waals surface area contributed by atoms with Gasteiger partial charge in [-0.3, -0.25) is 0 Å². The molecule has 0 atom stereocenters. The minimum absolute atomic E-state index is 0.723. The molecule has 3 heterocycles. The molecule has 19 heavy (non-hydrogen) atoms. The average molecular weight is 256 g/mol. The van der Waals surface area contributed by atoms with E-state index in [0.717, 1.165) is 35.8 Å². The first-order chi connectivity index (χ1) is 9.38. The number of H-pyrrole nitrogens is 1. The van der Waals surface area contributed by atoms with Crippen LogP contribution in [0, 0.1) is 0 Å². The van der Waals surface area contributed by atoms with Crippen molar-refractivity contribution in [2.75, 3.05) is 6.61 Å². The van der Waals surface area contributed by atoms with Crippen LogP contribution in [0.2, 0.25) is 0 Å². The van der Waals surface area contributed by atoms with Gasteiger partial charge >= 0.3 is 5.82 Å². The lowest BCUT2D eigenvalue weighted by Gasteiger charge is -2.03. The van der Waals surface area contributed by atoms with Crippen molar-refractivity contribution in [3.63, 3.8) is 0 Å². The Morgan fingerprint density at radius 2 is 2.05 bits per heavy atom. The second kappa shape index (κ2) is 5.01. The molecule has 0 fully saturated rings. The van der Waals surface area contributed by atoms with Gasteiger partial charge in [-0.05, 0) is 11.4 Å². The zero-order chi connectivity index (χ0) is 13.1. The van der Waals surface area contributed by atoms with E-state index in [2.05, 4.69) is 26.9 Å². The third-order valence-corrected chi connectivity index (χ3v) is 2.71. The first-order valence-corrected chi connectivity index (χ1v) is 6.17. The van der Waals surface area contributed by atoms with Crippen LogP contribution in [0.15, 0.2) is 37.2 Å². The minimum Gasteiger partial charge on any atom is -0.493 e. The van der Waals surface area contributed by atoms with E-state index in [0.29, 0.717) is 0 Å². The van der Waals surface area contributed by atoms with Crippen molar-refractivity contribution in [1.82, 2.24) is 19.9 Å². The van der Waals surface area contributed by atoms with Crippen LogP contribution in [-0.2, 0) is 0 Å². The summed E-state index contributed by atoms with van der Waals surface area (Å²) in [5.41, 5.74) is 1.47. The molecule has 0 bridgehead atoms. The Hall–Kier alpha value is -2.50. The van der Waals surface area contributed by atoms with Gasteiger partial charge in [-0.25, -0.2) is 9.55 Å². The Morgan fingerprint density at radius 3 is 2.84 bits per heavy atom. The summed E-state index contributed by atoms with van der Waals surface area (Å²) < 4.78 is 7.44. The van der Waals surface area contributed by atoms with E-state index in [9.17, 15) is 0 Å². The number of nitrogens with one attached hydrogen (secondary N) is 1. The lowest BCUT2D eigenvalue weighted by Crippen LogP contribution is -2.31. The largest absolute Gasteiger partial charge is 0.493 e. The van der Waals surface area contributed by atoms with Crippen molar-refractivity contribution in [2.24, 2.45) is 0 Å². The first-order valence-electron chi connectivity index (χ1n) is 6.17. The number of nitrogens with zero attached hydrogens (tertiary/aromatic N) is 4. The molecule has 6 heteroatoms. The lowest BCUT2D eigenvalue weighted by molar-refractivity contribution is -0.598. The van der Waals surface area contributed by atoms with Gasteiger partial charge in [0.2, 0.25) is 11.8 Å². The van der Waals surface area contributed by atoms with E-state index in [1.165, 1.54) is 6.33 Å². The Kier molecular flexibility index (Phi) is 3.06. The predicted molar refractivity (Wildman–Crippen MR) is 69.0 cm³/mol. The fourth-order valence-electron chi connectivity index (χ4n) is 1.81. The highest BCUT2D eigenvalue weighted by Gasteiger charge is 2.15. The molecule has 0 radical (unpaired) electrons. The maximum absolute atomic E-state index is 5.55. The number of aromatic nitrogens is 5. The van der Waals surface area contributed by atoms with Gasteiger partial charge in [-0.1, -0.05) is 6.92 Å². The molecule has 6 nitrogen and oxygen atoms in total. The van der Waals surface area contributed by atoms with E-state index in [-0.39, 0.29) is 0 Å². The van der Waals surface area contributed by atoms with Gasteiger partial charge in [0, 0.05) is 12.1 Å². The van der Waals surface area contributed by atoms with Crippen LogP contribution in [-0.4, -0.2) is 26.5 Å². The van der Waals surface area contributed by atoms with Gasteiger partial charge < -0.3 is 9.72 Å². The minimum atomic E-state index is 0.723. The number of hydrogen-bond acceptors (Lipinski definition) is 4. The summed E-state index contributed by atoms with van der Waals surface area (Å²) in [6.45, 7) is 2.81. The summed E-state index contributed by atoms with van der Waals surface area (Å²) in [6, 6.07) is 3.83. The monoisotopic (exact) mass is 256 g/mol. The molecule has 0 spiro atoms. The smallest absolute Gasteiger partial charge is 0.359 e.